The normalized spacial score (nSPS) is 20.4. The Hall–Kier alpha value is -1.38. The number of aryl methyl sites for hydroxylation is 1. The van der Waals surface area contributed by atoms with E-state index in [2.05, 4.69) is 9.88 Å². The van der Waals surface area contributed by atoms with E-state index in [4.69, 9.17) is 0 Å². The minimum absolute atomic E-state index is 0.205. The number of carbonyl (C=O) groups excluding carboxylic acids is 1. The smallest absolute Gasteiger partial charge is 0.255 e. The molecule has 20 heavy (non-hydrogen) atoms. The molecule has 0 radical (unpaired) electrons. The van der Waals surface area contributed by atoms with Crippen molar-refractivity contribution >= 4 is 5.91 Å². The fourth-order valence-electron chi connectivity index (χ4n) is 3.74. The molecule has 0 N–H and O–H groups in total. The van der Waals surface area contributed by atoms with Gasteiger partial charge in [-0.25, -0.2) is 0 Å². The second-order valence-electron chi connectivity index (χ2n) is 6.28. The highest BCUT2D eigenvalue weighted by molar-refractivity contribution is 5.94. The summed E-state index contributed by atoms with van der Waals surface area (Å²) in [5.41, 5.74) is 1.73. The Morgan fingerprint density at radius 2 is 1.60 bits per heavy atom. The first-order chi connectivity index (χ1) is 9.75. The maximum absolute atomic E-state index is 12.9. The van der Waals surface area contributed by atoms with E-state index in [1.807, 2.05) is 19.1 Å². The number of aromatic nitrogens is 1. The minimum Gasteiger partial charge on any atom is -0.333 e. The number of carbonyl (C=O) groups is 1. The summed E-state index contributed by atoms with van der Waals surface area (Å²) < 4.78 is 0. The van der Waals surface area contributed by atoms with Crippen molar-refractivity contribution in [2.45, 2.75) is 70.4 Å². The van der Waals surface area contributed by atoms with E-state index >= 15 is 0 Å². The third-order valence-electron chi connectivity index (χ3n) is 4.83. The van der Waals surface area contributed by atoms with E-state index in [0.717, 1.165) is 11.3 Å². The van der Waals surface area contributed by atoms with E-state index < -0.39 is 0 Å². The topological polar surface area (TPSA) is 33.2 Å². The first-order valence-electron chi connectivity index (χ1n) is 8.01. The predicted octanol–water partition coefficient (Wildman–Crippen LogP) is 3.72. The fraction of sp³-hybridized carbons (Fsp3) is 0.647. The third kappa shape index (κ3) is 2.72. The zero-order valence-corrected chi connectivity index (χ0v) is 12.3. The van der Waals surface area contributed by atoms with Gasteiger partial charge in [-0.2, -0.15) is 0 Å². The van der Waals surface area contributed by atoms with Crippen molar-refractivity contribution in [1.29, 1.82) is 0 Å². The molecule has 0 spiro atoms. The SMILES string of the molecule is Cc1ccc(C(=O)N(C2CCCC2)C2CCCC2)cn1. The second-order valence-corrected chi connectivity index (χ2v) is 6.28. The van der Waals surface area contributed by atoms with Crippen molar-refractivity contribution in [3.05, 3.63) is 29.6 Å². The molecule has 1 heterocycles. The summed E-state index contributed by atoms with van der Waals surface area (Å²) in [6, 6.07) is 4.80. The van der Waals surface area contributed by atoms with Crippen molar-refractivity contribution in [2.24, 2.45) is 0 Å². The van der Waals surface area contributed by atoms with E-state index in [0.29, 0.717) is 12.1 Å². The Bertz CT molecular complexity index is 440. The van der Waals surface area contributed by atoms with Gasteiger partial charge in [-0.05, 0) is 44.7 Å². The summed E-state index contributed by atoms with van der Waals surface area (Å²) in [6.45, 7) is 1.96. The van der Waals surface area contributed by atoms with E-state index in [-0.39, 0.29) is 5.91 Å². The van der Waals surface area contributed by atoms with Crippen molar-refractivity contribution in [3.8, 4) is 0 Å². The molecule has 0 unspecified atom stereocenters. The average Bonchev–Trinajstić information content (AvgIpc) is 3.13. The molecular formula is C17H24N2O. The molecule has 2 aliphatic carbocycles. The van der Waals surface area contributed by atoms with Crippen LogP contribution in [0.2, 0.25) is 0 Å². The number of hydrogen-bond acceptors (Lipinski definition) is 2. The molecule has 3 nitrogen and oxygen atoms in total. The molecule has 2 saturated carbocycles. The molecule has 0 aliphatic heterocycles. The van der Waals surface area contributed by atoms with Crippen LogP contribution in [0.15, 0.2) is 18.3 Å². The van der Waals surface area contributed by atoms with E-state index in [9.17, 15) is 4.79 Å². The van der Waals surface area contributed by atoms with Crippen LogP contribution in [0.3, 0.4) is 0 Å². The van der Waals surface area contributed by atoms with Gasteiger partial charge in [0.1, 0.15) is 0 Å². The largest absolute Gasteiger partial charge is 0.333 e. The van der Waals surface area contributed by atoms with Gasteiger partial charge in [0.25, 0.3) is 5.91 Å². The third-order valence-corrected chi connectivity index (χ3v) is 4.83. The molecule has 0 aromatic carbocycles. The standard InChI is InChI=1S/C17H24N2O/c1-13-10-11-14(12-18-13)17(20)19(15-6-2-3-7-15)16-8-4-5-9-16/h10-12,15-16H,2-9H2,1H3. The van der Waals surface area contributed by atoms with Crippen LogP contribution in [0.1, 0.15) is 67.4 Å². The van der Waals surface area contributed by atoms with Gasteiger partial charge in [-0.15, -0.1) is 0 Å². The highest BCUT2D eigenvalue weighted by atomic mass is 16.2. The van der Waals surface area contributed by atoms with E-state index in [1.54, 1.807) is 6.20 Å². The zero-order valence-electron chi connectivity index (χ0n) is 12.3. The quantitative estimate of drug-likeness (QED) is 0.840. The highest BCUT2D eigenvalue weighted by Crippen LogP contribution is 2.32. The zero-order chi connectivity index (χ0) is 13.9. The molecule has 0 atom stereocenters. The van der Waals surface area contributed by atoms with E-state index in [1.165, 1.54) is 51.4 Å². The van der Waals surface area contributed by atoms with Crippen LogP contribution in [0.25, 0.3) is 0 Å². The molecule has 2 fully saturated rings. The van der Waals surface area contributed by atoms with Gasteiger partial charge >= 0.3 is 0 Å². The molecule has 0 bridgehead atoms. The number of nitrogens with zero attached hydrogens (tertiary/aromatic N) is 2. The highest BCUT2D eigenvalue weighted by Gasteiger charge is 2.34. The Labute approximate surface area is 121 Å². The van der Waals surface area contributed by atoms with Crippen LogP contribution in [0.5, 0.6) is 0 Å². The lowest BCUT2D eigenvalue weighted by Crippen LogP contribution is -2.45. The van der Waals surface area contributed by atoms with Crippen molar-refractivity contribution in [1.82, 2.24) is 9.88 Å². The summed E-state index contributed by atoms with van der Waals surface area (Å²) in [7, 11) is 0. The maximum atomic E-state index is 12.9. The molecule has 3 rings (SSSR count). The first kappa shape index (κ1) is 13.6. The molecule has 1 aromatic rings. The molecule has 3 heteroatoms. The van der Waals surface area contributed by atoms with Crippen molar-refractivity contribution < 1.29 is 4.79 Å². The first-order valence-corrected chi connectivity index (χ1v) is 8.01. The monoisotopic (exact) mass is 272 g/mol. The Morgan fingerprint density at radius 1 is 1.05 bits per heavy atom. The fourth-order valence-corrected chi connectivity index (χ4v) is 3.74. The van der Waals surface area contributed by atoms with Crippen LogP contribution in [-0.2, 0) is 0 Å². The lowest BCUT2D eigenvalue weighted by molar-refractivity contribution is 0.0580. The molecule has 108 valence electrons. The summed E-state index contributed by atoms with van der Waals surface area (Å²) in [5.74, 6) is 0.205. The van der Waals surface area contributed by atoms with Gasteiger partial charge in [-0.3, -0.25) is 9.78 Å². The van der Waals surface area contributed by atoms with Crippen LogP contribution in [0.4, 0.5) is 0 Å². The summed E-state index contributed by atoms with van der Waals surface area (Å²) >= 11 is 0. The molecule has 0 saturated heterocycles. The van der Waals surface area contributed by atoms with Crippen molar-refractivity contribution in [2.75, 3.05) is 0 Å². The minimum atomic E-state index is 0.205. The molecule has 1 aromatic heterocycles. The number of pyridine rings is 1. The predicted molar refractivity (Wildman–Crippen MR) is 79.7 cm³/mol. The van der Waals surface area contributed by atoms with Gasteiger partial charge < -0.3 is 4.90 Å². The summed E-state index contributed by atoms with van der Waals surface area (Å²) in [4.78, 5) is 19.4. The van der Waals surface area contributed by atoms with Gasteiger partial charge in [0.2, 0.25) is 0 Å². The molecule has 1 amide bonds. The Kier molecular flexibility index (Phi) is 4.04. The van der Waals surface area contributed by atoms with Crippen LogP contribution >= 0.6 is 0 Å². The number of rotatable bonds is 3. The summed E-state index contributed by atoms with van der Waals surface area (Å²) in [5, 5.41) is 0. The van der Waals surface area contributed by atoms with Crippen molar-refractivity contribution in [3.63, 3.8) is 0 Å². The lowest BCUT2D eigenvalue weighted by atomic mass is 10.1. The summed E-state index contributed by atoms with van der Waals surface area (Å²) in [6.07, 6.45) is 11.6. The Balaban J connectivity index is 1.83. The van der Waals surface area contributed by atoms with Crippen LogP contribution in [-0.4, -0.2) is 27.9 Å². The lowest BCUT2D eigenvalue weighted by Gasteiger charge is -2.34. The molecular weight excluding hydrogens is 248 g/mol. The van der Waals surface area contributed by atoms with Gasteiger partial charge in [-0.1, -0.05) is 25.7 Å². The van der Waals surface area contributed by atoms with Gasteiger partial charge in [0, 0.05) is 24.0 Å². The number of hydrogen-bond donors (Lipinski definition) is 0. The average molecular weight is 272 g/mol. The Morgan fingerprint density at radius 3 is 2.05 bits per heavy atom. The van der Waals surface area contributed by atoms with Crippen LogP contribution in [0, 0.1) is 6.92 Å². The van der Waals surface area contributed by atoms with Gasteiger partial charge in [0.15, 0.2) is 0 Å². The number of amides is 1. The second kappa shape index (κ2) is 5.94. The molecule has 2 aliphatic rings. The maximum Gasteiger partial charge on any atom is 0.255 e. The van der Waals surface area contributed by atoms with Gasteiger partial charge in [0.05, 0.1) is 5.56 Å². The van der Waals surface area contributed by atoms with Crippen LogP contribution < -0.4 is 0 Å².